The minimum Gasteiger partial charge on any atom is -0.460 e. The Kier molecular flexibility index (Phi) is 3.91. The van der Waals surface area contributed by atoms with Gasteiger partial charge in [-0.05, 0) is 30.5 Å². The molecule has 6 nitrogen and oxygen atoms in total. The van der Waals surface area contributed by atoms with Crippen molar-refractivity contribution < 1.29 is 9.21 Å². The Bertz CT molecular complexity index is 760. The lowest BCUT2D eigenvalue weighted by atomic mass is 10.3. The first kappa shape index (κ1) is 14.3. The van der Waals surface area contributed by atoms with Gasteiger partial charge in [0.15, 0.2) is 0 Å². The van der Waals surface area contributed by atoms with E-state index in [2.05, 4.69) is 17.5 Å². The van der Waals surface area contributed by atoms with Crippen LogP contribution in [-0.2, 0) is 11.3 Å². The summed E-state index contributed by atoms with van der Waals surface area (Å²) in [5.41, 5.74) is 2.15. The molecule has 1 aliphatic carbocycles. The second-order valence-corrected chi connectivity index (χ2v) is 5.52. The van der Waals surface area contributed by atoms with Gasteiger partial charge in [0, 0.05) is 18.2 Å². The summed E-state index contributed by atoms with van der Waals surface area (Å²) in [6.45, 7) is 2.12. The summed E-state index contributed by atoms with van der Waals surface area (Å²) in [4.78, 5) is 23.2. The average molecular weight is 299 g/mol. The number of hydrogen-bond acceptors (Lipinski definition) is 4. The first-order chi connectivity index (χ1) is 10.6. The molecule has 2 aromatic heterocycles. The molecule has 0 radical (unpaired) electrons. The number of amides is 1. The molecule has 2 heterocycles. The van der Waals surface area contributed by atoms with E-state index in [-0.39, 0.29) is 18.0 Å². The van der Waals surface area contributed by atoms with Gasteiger partial charge >= 0.3 is 0 Å². The van der Waals surface area contributed by atoms with Crippen LogP contribution in [0, 0.1) is 5.92 Å². The largest absolute Gasteiger partial charge is 0.460 e. The van der Waals surface area contributed by atoms with E-state index in [4.69, 9.17) is 4.42 Å². The number of hydrogen-bond donors (Lipinski definition) is 1. The lowest BCUT2D eigenvalue weighted by Crippen LogP contribution is -2.28. The molecule has 2 atom stereocenters. The molecule has 0 bridgehead atoms. The van der Waals surface area contributed by atoms with Crippen LogP contribution in [-0.4, -0.2) is 16.7 Å². The first-order valence-electron chi connectivity index (χ1n) is 7.20. The Balaban J connectivity index is 1.53. The summed E-state index contributed by atoms with van der Waals surface area (Å²) in [5.74, 6) is 2.40. The van der Waals surface area contributed by atoms with Gasteiger partial charge < -0.3 is 8.98 Å². The molecule has 6 heteroatoms. The highest BCUT2D eigenvalue weighted by atomic mass is 16.3. The zero-order chi connectivity index (χ0) is 15.5. The van der Waals surface area contributed by atoms with Crippen molar-refractivity contribution in [2.75, 3.05) is 0 Å². The predicted molar refractivity (Wildman–Crippen MR) is 81.7 cm³/mol. The van der Waals surface area contributed by atoms with Crippen LogP contribution in [0.5, 0.6) is 0 Å². The third-order valence-corrected chi connectivity index (χ3v) is 3.72. The molecule has 0 spiro atoms. The van der Waals surface area contributed by atoms with Crippen LogP contribution in [0.2, 0.25) is 0 Å². The SMILES string of the molecule is C[C@@H]1C[C@H]1c1ccc(/C=N\NC(=O)Cn2ccccc2=O)o1. The van der Waals surface area contributed by atoms with E-state index < -0.39 is 0 Å². The second-order valence-electron chi connectivity index (χ2n) is 5.52. The number of pyridine rings is 1. The van der Waals surface area contributed by atoms with Crippen LogP contribution in [0.4, 0.5) is 0 Å². The second kappa shape index (κ2) is 6.01. The third-order valence-electron chi connectivity index (χ3n) is 3.72. The van der Waals surface area contributed by atoms with E-state index in [0.29, 0.717) is 17.6 Å². The summed E-state index contributed by atoms with van der Waals surface area (Å²) in [6.07, 6.45) is 4.18. The molecule has 3 rings (SSSR count). The highest BCUT2D eigenvalue weighted by Crippen LogP contribution is 2.47. The van der Waals surface area contributed by atoms with Crippen LogP contribution < -0.4 is 11.0 Å². The van der Waals surface area contributed by atoms with Gasteiger partial charge in [0.1, 0.15) is 18.1 Å². The number of nitrogens with zero attached hydrogens (tertiary/aromatic N) is 2. The number of rotatable bonds is 5. The fourth-order valence-corrected chi connectivity index (χ4v) is 2.30. The van der Waals surface area contributed by atoms with E-state index in [1.54, 1.807) is 18.3 Å². The fraction of sp³-hybridized carbons (Fsp3) is 0.312. The zero-order valence-corrected chi connectivity index (χ0v) is 12.2. The molecule has 1 aliphatic rings. The predicted octanol–water partition coefficient (Wildman–Crippen LogP) is 1.72. The fourth-order valence-electron chi connectivity index (χ4n) is 2.30. The van der Waals surface area contributed by atoms with Gasteiger partial charge in [0.2, 0.25) is 0 Å². The van der Waals surface area contributed by atoms with Crippen LogP contribution >= 0.6 is 0 Å². The molecule has 0 aliphatic heterocycles. The van der Waals surface area contributed by atoms with Gasteiger partial charge in [0.05, 0.1) is 6.21 Å². The number of hydrazone groups is 1. The maximum absolute atomic E-state index is 11.7. The Morgan fingerprint density at radius 1 is 1.45 bits per heavy atom. The zero-order valence-electron chi connectivity index (χ0n) is 12.2. The quantitative estimate of drug-likeness (QED) is 0.674. The summed E-state index contributed by atoms with van der Waals surface area (Å²) in [7, 11) is 0. The average Bonchev–Trinajstić information content (AvgIpc) is 3.04. The Morgan fingerprint density at radius 3 is 3.00 bits per heavy atom. The summed E-state index contributed by atoms with van der Waals surface area (Å²) < 4.78 is 6.95. The van der Waals surface area contributed by atoms with Crippen LogP contribution in [0.3, 0.4) is 0 Å². The van der Waals surface area contributed by atoms with Crippen molar-refractivity contribution in [1.29, 1.82) is 0 Å². The first-order valence-corrected chi connectivity index (χ1v) is 7.20. The van der Waals surface area contributed by atoms with Gasteiger partial charge in [-0.2, -0.15) is 5.10 Å². The van der Waals surface area contributed by atoms with Gasteiger partial charge in [0.25, 0.3) is 11.5 Å². The molecule has 1 fully saturated rings. The summed E-state index contributed by atoms with van der Waals surface area (Å²) >= 11 is 0. The van der Waals surface area contributed by atoms with Crippen molar-refractivity contribution in [3.8, 4) is 0 Å². The molecule has 1 N–H and O–H groups in total. The number of aromatic nitrogens is 1. The van der Waals surface area contributed by atoms with E-state index in [1.807, 2.05) is 12.1 Å². The minimum absolute atomic E-state index is 0.0694. The lowest BCUT2D eigenvalue weighted by Gasteiger charge is -2.02. The topological polar surface area (TPSA) is 76.6 Å². The number of carbonyl (C=O) groups is 1. The van der Waals surface area contributed by atoms with Crippen molar-refractivity contribution in [1.82, 2.24) is 9.99 Å². The maximum Gasteiger partial charge on any atom is 0.260 e. The van der Waals surface area contributed by atoms with E-state index in [9.17, 15) is 9.59 Å². The normalized spacial score (nSPS) is 20.2. The molecule has 1 amide bonds. The molecule has 1 saturated carbocycles. The number of carbonyl (C=O) groups excluding carboxylic acids is 1. The Morgan fingerprint density at radius 2 is 2.27 bits per heavy atom. The van der Waals surface area contributed by atoms with Gasteiger partial charge in [-0.1, -0.05) is 13.0 Å². The molecule has 0 aromatic carbocycles. The Hall–Kier alpha value is -2.63. The van der Waals surface area contributed by atoms with Crippen LogP contribution in [0.1, 0.15) is 30.8 Å². The maximum atomic E-state index is 11.7. The molecule has 2 aromatic rings. The molecule has 0 saturated heterocycles. The number of nitrogens with one attached hydrogen (secondary N) is 1. The van der Waals surface area contributed by atoms with E-state index in [0.717, 1.165) is 12.2 Å². The van der Waals surface area contributed by atoms with Gasteiger partial charge in [-0.3, -0.25) is 9.59 Å². The van der Waals surface area contributed by atoms with Crippen LogP contribution in [0.15, 0.2) is 50.8 Å². The van der Waals surface area contributed by atoms with Crippen molar-refractivity contribution in [2.24, 2.45) is 11.0 Å². The van der Waals surface area contributed by atoms with Gasteiger partial charge in [-0.15, -0.1) is 0 Å². The highest BCUT2D eigenvalue weighted by molar-refractivity contribution is 5.80. The smallest absolute Gasteiger partial charge is 0.260 e. The van der Waals surface area contributed by atoms with Crippen molar-refractivity contribution >= 4 is 12.1 Å². The molecule has 22 heavy (non-hydrogen) atoms. The number of furan rings is 1. The van der Waals surface area contributed by atoms with E-state index >= 15 is 0 Å². The Labute approximate surface area is 127 Å². The summed E-state index contributed by atoms with van der Waals surface area (Å²) in [5, 5.41) is 3.85. The minimum atomic E-state index is -0.368. The van der Waals surface area contributed by atoms with Crippen LogP contribution in [0.25, 0.3) is 0 Å². The standard InChI is InChI=1S/C16H17N3O3/c1-11-8-13(11)14-6-5-12(22-14)9-17-18-15(20)10-19-7-3-2-4-16(19)21/h2-7,9,11,13H,8,10H2,1H3,(H,18,20)/b17-9-/t11-,13-/m1/s1. The summed E-state index contributed by atoms with van der Waals surface area (Å²) in [6, 6.07) is 8.50. The van der Waals surface area contributed by atoms with Gasteiger partial charge in [-0.25, -0.2) is 5.43 Å². The third kappa shape index (κ3) is 3.33. The molecular weight excluding hydrogens is 282 g/mol. The highest BCUT2D eigenvalue weighted by Gasteiger charge is 2.36. The lowest BCUT2D eigenvalue weighted by molar-refractivity contribution is -0.121. The molecular formula is C16H17N3O3. The van der Waals surface area contributed by atoms with Crippen molar-refractivity contribution in [3.63, 3.8) is 0 Å². The van der Waals surface area contributed by atoms with Crippen molar-refractivity contribution in [3.05, 3.63) is 58.4 Å². The van der Waals surface area contributed by atoms with Crippen molar-refractivity contribution in [2.45, 2.75) is 25.8 Å². The van der Waals surface area contributed by atoms with E-state index in [1.165, 1.54) is 16.8 Å². The molecule has 114 valence electrons. The monoisotopic (exact) mass is 299 g/mol. The molecule has 0 unspecified atom stereocenters.